The van der Waals surface area contributed by atoms with E-state index in [1.165, 1.54) is 0 Å². The number of anilines is 1. The summed E-state index contributed by atoms with van der Waals surface area (Å²) in [5.41, 5.74) is 1.90. The molecule has 1 amide bonds. The number of rotatable bonds is 2. The molecule has 0 saturated carbocycles. The third kappa shape index (κ3) is 2.12. The van der Waals surface area contributed by atoms with E-state index in [1.54, 1.807) is 36.1 Å². The average molecular weight is 259 g/mol. The number of amides is 1. The Labute approximate surface area is 109 Å². The first-order valence-corrected chi connectivity index (χ1v) is 5.85. The van der Waals surface area contributed by atoms with Crippen LogP contribution < -0.4 is 14.8 Å². The third-order valence-electron chi connectivity index (χ3n) is 2.86. The van der Waals surface area contributed by atoms with Crippen LogP contribution in [0.3, 0.4) is 0 Å². The number of aromatic nitrogens is 2. The summed E-state index contributed by atoms with van der Waals surface area (Å²) in [5.74, 6) is 1.08. The smallest absolute Gasteiger partial charge is 0.276 e. The first-order chi connectivity index (χ1) is 9.13. The zero-order valence-corrected chi connectivity index (χ0v) is 10.6. The topological polar surface area (TPSA) is 65.4 Å². The molecule has 1 aliphatic rings. The maximum Gasteiger partial charge on any atom is 0.276 e. The van der Waals surface area contributed by atoms with E-state index in [0.29, 0.717) is 22.9 Å². The summed E-state index contributed by atoms with van der Waals surface area (Å²) < 4.78 is 12.1. The van der Waals surface area contributed by atoms with Gasteiger partial charge in [-0.15, -0.1) is 0 Å². The van der Waals surface area contributed by atoms with E-state index in [1.807, 2.05) is 6.92 Å². The minimum atomic E-state index is -0.239. The Morgan fingerprint density at radius 3 is 2.89 bits per heavy atom. The summed E-state index contributed by atoms with van der Waals surface area (Å²) >= 11 is 0. The molecule has 1 aromatic heterocycles. The van der Waals surface area contributed by atoms with Crippen molar-refractivity contribution in [1.82, 2.24) is 9.78 Å². The van der Waals surface area contributed by atoms with Crippen molar-refractivity contribution in [1.29, 1.82) is 0 Å². The number of ether oxygens (including phenoxy) is 2. The Kier molecular flexibility index (Phi) is 2.63. The van der Waals surface area contributed by atoms with E-state index in [2.05, 4.69) is 10.4 Å². The Hall–Kier alpha value is -2.50. The van der Waals surface area contributed by atoms with Gasteiger partial charge in [0.15, 0.2) is 17.2 Å². The van der Waals surface area contributed by atoms with Crippen molar-refractivity contribution in [2.24, 2.45) is 7.05 Å². The van der Waals surface area contributed by atoms with Gasteiger partial charge in [-0.05, 0) is 19.1 Å². The lowest BCUT2D eigenvalue weighted by atomic mass is 10.2. The highest BCUT2D eigenvalue weighted by Crippen LogP contribution is 2.34. The molecule has 2 heterocycles. The molecule has 6 heteroatoms. The van der Waals surface area contributed by atoms with E-state index in [0.717, 1.165) is 5.56 Å². The number of carbonyl (C=O) groups is 1. The molecule has 0 bridgehead atoms. The van der Waals surface area contributed by atoms with Gasteiger partial charge in [-0.25, -0.2) is 0 Å². The molecule has 0 saturated heterocycles. The summed E-state index contributed by atoms with van der Waals surface area (Å²) in [6.07, 6.45) is 1.80. The fourth-order valence-electron chi connectivity index (χ4n) is 2.00. The van der Waals surface area contributed by atoms with Crippen molar-refractivity contribution < 1.29 is 14.3 Å². The zero-order chi connectivity index (χ0) is 13.4. The molecule has 0 spiro atoms. The van der Waals surface area contributed by atoms with Crippen LogP contribution in [0.25, 0.3) is 0 Å². The van der Waals surface area contributed by atoms with Gasteiger partial charge in [0.2, 0.25) is 6.79 Å². The molecular weight excluding hydrogens is 246 g/mol. The molecule has 3 rings (SSSR count). The van der Waals surface area contributed by atoms with Gasteiger partial charge in [-0.3, -0.25) is 9.48 Å². The Morgan fingerprint density at radius 2 is 2.16 bits per heavy atom. The van der Waals surface area contributed by atoms with E-state index in [4.69, 9.17) is 9.47 Å². The number of hydrogen-bond donors (Lipinski definition) is 1. The standard InChI is InChI=1S/C13H13N3O3/c1-8-6-16(2)15-12(8)13(17)14-9-3-4-10-11(5-9)19-7-18-10/h3-6H,7H2,1-2H3,(H,14,17). The number of fused-ring (bicyclic) bond motifs is 1. The second-order valence-electron chi connectivity index (χ2n) is 4.36. The predicted octanol–water partition coefficient (Wildman–Crippen LogP) is 1.71. The Balaban J connectivity index is 1.81. The van der Waals surface area contributed by atoms with Crippen LogP contribution in [0, 0.1) is 6.92 Å². The van der Waals surface area contributed by atoms with Gasteiger partial charge >= 0.3 is 0 Å². The number of nitrogens with zero attached hydrogens (tertiary/aromatic N) is 2. The highest BCUT2D eigenvalue weighted by Gasteiger charge is 2.16. The normalized spacial score (nSPS) is 12.5. The van der Waals surface area contributed by atoms with Gasteiger partial charge in [0.1, 0.15) is 0 Å². The van der Waals surface area contributed by atoms with Gasteiger partial charge in [-0.1, -0.05) is 0 Å². The quantitative estimate of drug-likeness (QED) is 0.891. The number of carbonyl (C=O) groups excluding carboxylic acids is 1. The molecule has 0 fully saturated rings. The van der Waals surface area contributed by atoms with Gasteiger partial charge in [0, 0.05) is 30.6 Å². The van der Waals surface area contributed by atoms with E-state index in [9.17, 15) is 4.79 Å². The molecule has 98 valence electrons. The largest absolute Gasteiger partial charge is 0.454 e. The second kappa shape index (κ2) is 4.31. The van der Waals surface area contributed by atoms with E-state index >= 15 is 0 Å². The van der Waals surface area contributed by atoms with E-state index < -0.39 is 0 Å². The number of hydrogen-bond acceptors (Lipinski definition) is 4. The predicted molar refractivity (Wildman–Crippen MR) is 68.5 cm³/mol. The monoisotopic (exact) mass is 259 g/mol. The molecular formula is C13H13N3O3. The third-order valence-corrected chi connectivity index (χ3v) is 2.86. The van der Waals surface area contributed by atoms with Crippen LogP contribution in [0.15, 0.2) is 24.4 Å². The van der Waals surface area contributed by atoms with Crippen LogP contribution in [0.5, 0.6) is 11.5 Å². The van der Waals surface area contributed by atoms with Crippen LogP contribution in [-0.2, 0) is 7.05 Å². The Bertz CT molecular complexity index is 649. The average Bonchev–Trinajstić information content (AvgIpc) is 2.94. The highest BCUT2D eigenvalue weighted by molar-refractivity contribution is 6.03. The highest BCUT2D eigenvalue weighted by atomic mass is 16.7. The summed E-state index contributed by atoms with van der Waals surface area (Å²) in [6, 6.07) is 5.27. The number of benzene rings is 1. The zero-order valence-electron chi connectivity index (χ0n) is 10.6. The molecule has 0 aliphatic carbocycles. The van der Waals surface area contributed by atoms with Crippen molar-refractivity contribution in [3.8, 4) is 11.5 Å². The van der Waals surface area contributed by atoms with Gasteiger partial charge < -0.3 is 14.8 Å². The fourth-order valence-corrected chi connectivity index (χ4v) is 2.00. The van der Waals surface area contributed by atoms with Crippen molar-refractivity contribution in [3.05, 3.63) is 35.7 Å². The molecule has 2 aromatic rings. The lowest BCUT2D eigenvalue weighted by Gasteiger charge is -2.05. The lowest BCUT2D eigenvalue weighted by Crippen LogP contribution is -2.14. The van der Waals surface area contributed by atoms with Gasteiger partial charge in [-0.2, -0.15) is 5.10 Å². The molecule has 0 radical (unpaired) electrons. The van der Waals surface area contributed by atoms with Crippen molar-refractivity contribution >= 4 is 11.6 Å². The van der Waals surface area contributed by atoms with E-state index in [-0.39, 0.29) is 12.7 Å². The molecule has 1 aromatic carbocycles. The SMILES string of the molecule is Cc1cn(C)nc1C(=O)Nc1ccc2c(c1)OCO2. The maximum absolute atomic E-state index is 12.1. The van der Waals surface area contributed by atoms with Crippen LogP contribution >= 0.6 is 0 Å². The van der Waals surface area contributed by atoms with Crippen LogP contribution in [0.4, 0.5) is 5.69 Å². The van der Waals surface area contributed by atoms with Gasteiger partial charge in [0.05, 0.1) is 0 Å². The second-order valence-corrected chi connectivity index (χ2v) is 4.36. The minimum absolute atomic E-state index is 0.214. The number of aryl methyl sites for hydroxylation is 2. The maximum atomic E-state index is 12.1. The summed E-state index contributed by atoms with van der Waals surface area (Å²) in [6.45, 7) is 2.06. The van der Waals surface area contributed by atoms with Crippen LogP contribution in [0.1, 0.15) is 16.1 Å². The first kappa shape index (κ1) is 11.6. The summed E-state index contributed by atoms with van der Waals surface area (Å²) in [4.78, 5) is 12.1. The van der Waals surface area contributed by atoms with Crippen LogP contribution in [-0.4, -0.2) is 22.5 Å². The van der Waals surface area contributed by atoms with Crippen molar-refractivity contribution in [2.45, 2.75) is 6.92 Å². The molecule has 1 aliphatic heterocycles. The summed E-state index contributed by atoms with van der Waals surface area (Å²) in [5, 5.41) is 6.92. The lowest BCUT2D eigenvalue weighted by molar-refractivity contribution is 0.102. The molecule has 1 N–H and O–H groups in total. The molecule has 0 unspecified atom stereocenters. The molecule has 19 heavy (non-hydrogen) atoms. The minimum Gasteiger partial charge on any atom is -0.454 e. The first-order valence-electron chi connectivity index (χ1n) is 5.85. The van der Waals surface area contributed by atoms with Gasteiger partial charge in [0.25, 0.3) is 5.91 Å². The van der Waals surface area contributed by atoms with Crippen molar-refractivity contribution in [3.63, 3.8) is 0 Å². The fraction of sp³-hybridized carbons (Fsp3) is 0.231. The Morgan fingerprint density at radius 1 is 1.37 bits per heavy atom. The molecule has 0 atom stereocenters. The van der Waals surface area contributed by atoms with Crippen LogP contribution in [0.2, 0.25) is 0 Å². The summed E-state index contributed by atoms with van der Waals surface area (Å²) in [7, 11) is 1.78. The molecule has 6 nitrogen and oxygen atoms in total. The number of nitrogens with one attached hydrogen (secondary N) is 1. The van der Waals surface area contributed by atoms with Crippen molar-refractivity contribution in [2.75, 3.05) is 12.1 Å².